The highest BCUT2D eigenvalue weighted by molar-refractivity contribution is 6.36. The highest BCUT2D eigenvalue weighted by Gasteiger charge is 2.32. The van der Waals surface area contributed by atoms with Crippen LogP contribution in [0.5, 0.6) is 0 Å². The lowest BCUT2D eigenvalue weighted by Crippen LogP contribution is -2.46. The van der Waals surface area contributed by atoms with Crippen LogP contribution in [-0.2, 0) is 0 Å². The van der Waals surface area contributed by atoms with E-state index in [4.69, 9.17) is 28.2 Å². The van der Waals surface area contributed by atoms with Crippen LogP contribution in [0.25, 0.3) is 16.9 Å². The summed E-state index contributed by atoms with van der Waals surface area (Å²) in [7, 11) is 0. The van der Waals surface area contributed by atoms with Gasteiger partial charge in [0.15, 0.2) is 11.6 Å². The van der Waals surface area contributed by atoms with Gasteiger partial charge in [0.2, 0.25) is 5.95 Å². The van der Waals surface area contributed by atoms with E-state index in [1.807, 2.05) is 16.5 Å². The molecule has 0 fully saturated rings. The van der Waals surface area contributed by atoms with Crippen molar-refractivity contribution in [1.82, 2.24) is 19.4 Å². The first-order valence-electron chi connectivity index (χ1n) is 11.8. The average Bonchev–Trinajstić information content (AvgIpc) is 3.29. The van der Waals surface area contributed by atoms with E-state index in [-0.39, 0.29) is 17.2 Å². The first kappa shape index (κ1) is 27.2. The second-order valence-electron chi connectivity index (χ2n) is 9.51. The molecule has 1 aromatic carbocycles. The van der Waals surface area contributed by atoms with Gasteiger partial charge in [-0.15, -0.1) is 0 Å². The molecule has 0 aliphatic rings. The molecule has 0 radical (unpaired) electrons. The largest absolute Gasteiger partial charge is 0.465 e. The Morgan fingerprint density at radius 2 is 1.79 bits per heavy atom. The number of imidazole rings is 1. The van der Waals surface area contributed by atoms with E-state index >= 15 is 0 Å². The van der Waals surface area contributed by atoms with Gasteiger partial charge in [-0.05, 0) is 58.0 Å². The number of halogens is 2. The zero-order valence-electron chi connectivity index (χ0n) is 21.3. The van der Waals surface area contributed by atoms with Crippen molar-refractivity contribution < 1.29 is 14.7 Å². The molecule has 3 N–H and O–H groups in total. The fraction of sp³-hybridized carbons (Fsp3) is 0.269. The number of benzene rings is 1. The maximum Gasteiger partial charge on any atom is 0.413 e. The number of fused-ring (bicyclic) bond motifs is 1. The Hall–Kier alpha value is -3.89. The molecule has 10 nitrogen and oxygen atoms in total. The fourth-order valence-corrected chi connectivity index (χ4v) is 4.44. The third kappa shape index (κ3) is 5.81. The Bertz CT molecular complexity index is 1510. The number of amides is 1. The predicted octanol–water partition coefficient (Wildman–Crippen LogP) is 6.11. The number of nitrogens with one attached hydrogen (secondary N) is 2. The second kappa shape index (κ2) is 10.8. The zero-order valence-corrected chi connectivity index (χ0v) is 22.8. The van der Waals surface area contributed by atoms with Crippen LogP contribution in [0.3, 0.4) is 0 Å². The van der Waals surface area contributed by atoms with Crippen molar-refractivity contribution in [2.45, 2.75) is 33.2 Å². The molecule has 3 aromatic heterocycles. The molecule has 1 amide bonds. The van der Waals surface area contributed by atoms with Gasteiger partial charge in [-0.2, -0.15) is 0 Å². The molecular weight excluding hydrogens is 529 g/mol. The molecule has 0 aliphatic carbocycles. The van der Waals surface area contributed by atoms with E-state index in [2.05, 4.69) is 20.6 Å². The summed E-state index contributed by atoms with van der Waals surface area (Å²) >= 11 is 12.4. The van der Waals surface area contributed by atoms with Crippen LogP contribution in [0.2, 0.25) is 10.0 Å². The van der Waals surface area contributed by atoms with Crippen LogP contribution >= 0.6 is 23.2 Å². The molecule has 0 aliphatic heterocycles. The molecule has 12 heteroatoms. The molecule has 0 saturated carbocycles. The van der Waals surface area contributed by atoms with E-state index in [0.717, 1.165) is 10.5 Å². The van der Waals surface area contributed by atoms with E-state index in [1.54, 1.807) is 57.4 Å². The number of nitrogens with zero attached hydrogens (tertiary/aromatic N) is 5. The van der Waals surface area contributed by atoms with Gasteiger partial charge in [0.1, 0.15) is 11.5 Å². The van der Waals surface area contributed by atoms with Gasteiger partial charge in [-0.3, -0.25) is 14.1 Å². The minimum atomic E-state index is -1.19. The fourth-order valence-electron chi connectivity index (χ4n) is 3.94. The Balaban J connectivity index is 1.53. The number of carbonyl (C=O) groups is 2. The van der Waals surface area contributed by atoms with Crippen molar-refractivity contribution in [3.05, 3.63) is 64.4 Å². The minimum absolute atomic E-state index is 0.0878. The Kier molecular flexibility index (Phi) is 7.75. The third-order valence-electron chi connectivity index (χ3n) is 5.64. The summed E-state index contributed by atoms with van der Waals surface area (Å²) in [4.78, 5) is 38.9. The summed E-state index contributed by atoms with van der Waals surface area (Å²) in [5.41, 5.74) is 1.49. The van der Waals surface area contributed by atoms with Crippen LogP contribution in [0.4, 0.5) is 22.4 Å². The molecule has 0 atom stereocenters. The normalized spacial score (nSPS) is 11.4. The Morgan fingerprint density at radius 1 is 1.05 bits per heavy atom. The Labute approximate surface area is 229 Å². The number of rotatable bonds is 8. The zero-order chi connectivity index (χ0) is 27.6. The average molecular weight is 556 g/mol. The first-order valence-corrected chi connectivity index (χ1v) is 12.5. The first-order chi connectivity index (χ1) is 18.0. The molecule has 0 spiro atoms. The lowest BCUT2D eigenvalue weighted by atomic mass is 10.0. The van der Waals surface area contributed by atoms with Gasteiger partial charge in [-0.25, -0.2) is 19.7 Å². The number of hydrogen-bond donors (Lipinski definition) is 3. The van der Waals surface area contributed by atoms with Gasteiger partial charge < -0.3 is 15.7 Å². The second-order valence-corrected chi connectivity index (χ2v) is 10.4. The van der Waals surface area contributed by atoms with E-state index in [0.29, 0.717) is 46.2 Å². The van der Waals surface area contributed by atoms with Crippen LogP contribution < -0.4 is 15.5 Å². The molecule has 0 saturated heterocycles. The summed E-state index contributed by atoms with van der Waals surface area (Å²) in [5, 5.41) is 17.3. The van der Waals surface area contributed by atoms with Crippen molar-refractivity contribution in [1.29, 1.82) is 0 Å². The van der Waals surface area contributed by atoms with Gasteiger partial charge in [0, 0.05) is 47.7 Å². The topological polar surface area (TPSA) is 125 Å². The summed E-state index contributed by atoms with van der Waals surface area (Å²) in [6.45, 7) is 7.49. The lowest BCUT2D eigenvalue weighted by molar-refractivity contribution is 0.101. The van der Waals surface area contributed by atoms with Gasteiger partial charge in [0.25, 0.3) is 0 Å². The number of anilines is 3. The monoisotopic (exact) mass is 555 g/mol. The number of pyridine rings is 1. The maximum atomic E-state index is 12.2. The smallest absolute Gasteiger partial charge is 0.413 e. The summed E-state index contributed by atoms with van der Waals surface area (Å²) in [6, 6.07) is 10.3. The standard InChI is InChI=1S/C26H27Cl2N7O3/c1-15(36)17-7-8-21(33-23(17)35(25(37)38)26(2,3)4)29-9-10-31-24-32-20(14-22-30-11-12-34(22)24)18-6-5-16(27)13-19(18)28/h5-8,11-14H,9-10H2,1-4H3,(H,29,33)(H,31,32)(H,37,38). The summed E-state index contributed by atoms with van der Waals surface area (Å²) in [5.74, 6) is 0.815. The van der Waals surface area contributed by atoms with Crippen LogP contribution in [-0.4, -0.2) is 55.0 Å². The molecule has 4 rings (SSSR count). The quantitative estimate of drug-likeness (QED) is 0.176. The molecule has 38 heavy (non-hydrogen) atoms. The van der Waals surface area contributed by atoms with Gasteiger partial charge in [-0.1, -0.05) is 23.2 Å². The van der Waals surface area contributed by atoms with Crippen molar-refractivity contribution in [2.75, 3.05) is 28.6 Å². The van der Waals surface area contributed by atoms with Crippen LogP contribution in [0.15, 0.2) is 48.8 Å². The molecule has 0 unspecified atom stereocenters. The van der Waals surface area contributed by atoms with Crippen LogP contribution in [0, 0.1) is 0 Å². The highest BCUT2D eigenvalue weighted by atomic mass is 35.5. The van der Waals surface area contributed by atoms with Crippen molar-refractivity contribution in [3.63, 3.8) is 0 Å². The number of carboxylic acid groups (broad SMARTS) is 1. The lowest BCUT2D eigenvalue weighted by Gasteiger charge is -2.33. The SMILES string of the molecule is CC(=O)c1ccc(NCCNc2nc(-c3ccc(Cl)cc3Cl)cc3nccn23)nc1N(C(=O)O)C(C)(C)C. The summed E-state index contributed by atoms with van der Waals surface area (Å²) in [6.07, 6.45) is 2.29. The minimum Gasteiger partial charge on any atom is -0.465 e. The molecule has 0 bridgehead atoms. The van der Waals surface area contributed by atoms with Crippen molar-refractivity contribution in [3.8, 4) is 11.3 Å². The number of aromatic nitrogens is 4. The van der Waals surface area contributed by atoms with E-state index in [9.17, 15) is 14.7 Å². The molecular formula is C26H27Cl2N7O3. The number of carbonyl (C=O) groups excluding carboxylic acids is 1. The van der Waals surface area contributed by atoms with Gasteiger partial charge in [0.05, 0.1) is 16.3 Å². The van der Waals surface area contributed by atoms with Crippen LogP contribution in [0.1, 0.15) is 38.1 Å². The van der Waals surface area contributed by atoms with Crippen molar-refractivity contribution >= 4 is 58.3 Å². The Morgan fingerprint density at radius 3 is 2.45 bits per heavy atom. The molecule has 4 aromatic rings. The van der Waals surface area contributed by atoms with E-state index in [1.165, 1.54) is 6.92 Å². The number of Topliss-reactive ketones (excluding diaryl/α,β-unsaturated/α-hetero) is 1. The highest BCUT2D eigenvalue weighted by Crippen LogP contribution is 2.31. The summed E-state index contributed by atoms with van der Waals surface area (Å²) < 4.78 is 1.82. The number of ketones is 1. The predicted molar refractivity (Wildman–Crippen MR) is 150 cm³/mol. The molecule has 3 heterocycles. The maximum absolute atomic E-state index is 12.2. The number of hydrogen-bond acceptors (Lipinski definition) is 7. The van der Waals surface area contributed by atoms with Crippen molar-refractivity contribution in [2.24, 2.45) is 0 Å². The molecule has 198 valence electrons. The third-order valence-corrected chi connectivity index (χ3v) is 6.19. The van der Waals surface area contributed by atoms with E-state index < -0.39 is 11.6 Å². The van der Waals surface area contributed by atoms with Gasteiger partial charge >= 0.3 is 6.09 Å².